The number of nitrogens with one attached hydrogen (secondary N) is 2. The van der Waals surface area contributed by atoms with Gasteiger partial charge in [-0.1, -0.05) is 0 Å². The van der Waals surface area contributed by atoms with Gasteiger partial charge in [-0.05, 0) is 37.1 Å². The van der Waals surface area contributed by atoms with Crippen LogP contribution in [-0.2, 0) is 4.99 Å². The van der Waals surface area contributed by atoms with Gasteiger partial charge >= 0.3 is 0 Å². The first-order valence-corrected chi connectivity index (χ1v) is 4.68. The monoisotopic (exact) mass is 219 g/mol. The van der Waals surface area contributed by atoms with Gasteiger partial charge in [-0.2, -0.15) is 5.26 Å². The van der Waals surface area contributed by atoms with Gasteiger partial charge in [0, 0.05) is 18.0 Å². The highest BCUT2D eigenvalue weighted by atomic mass is 17.2. The Morgan fingerprint density at radius 2 is 1.94 bits per heavy atom. The van der Waals surface area contributed by atoms with Gasteiger partial charge in [0.25, 0.3) is 0 Å². The Kier molecular flexibility index (Phi) is 4.33. The Morgan fingerprint density at radius 3 is 2.56 bits per heavy atom. The number of hydrogen-bond acceptors (Lipinski definition) is 5. The highest BCUT2D eigenvalue weighted by Crippen LogP contribution is 2.24. The average molecular weight is 219 g/mol. The van der Waals surface area contributed by atoms with E-state index >= 15 is 0 Å². The maximum absolute atomic E-state index is 8.35. The molecule has 0 unspecified atom stereocenters. The summed E-state index contributed by atoms with van der Waals surface area (Å²) in [5, 5.41) is 19.6. The molecule has 0 radical (unpaired) electrons. The Morgan fingerprint density at radius 1 is 1.31 bits per heavy atom. The molecule has 0 fully saturated rings. The Balaban J connectivity index is 2.92. The normalized spacial score (nSPS) is 10.1. The summed E-state index contributed by atoms with van der Waals surface area (Å²) in [4.78, 5) is 3.87. The molecule has 0 aliphatic carbocycles. The summed E-state index contributed by atoms with van der Waals surface area (Å²) in [6.45, 7) is 3.78. The maximum atomic E-state index is 8.35. The molecule has 16 heavy (non-hydrogen) atoms. The number of aryl methyl sites for hydroxylation is 2. The minimum absolute atomic E-state index is 0.690. The van der Waals surface area contributed by atoms with Crippen LogP contribution in [0.5, 0.6) is 0 Å². The second-order valence-electron chi connectivity index (χ2n) is 3.28. The largest absolute Gasteiger partial charge is 0.361 e. The minimum atomic E-state index is 0.690. The predicted octanol–water partition coefficient (Wildman–Crippen LogP) is 2.57. The van der Waals surface area contributed by atoms with Crippen LogP contribution >= 0.6 is 0 Å². The molecule has 0 heterocycles. The van der Waals surface area contributed by atoms with Crippen molar-refractivity contribution in [3.8, 4) is 6.07 Å². The second kappa shape index (κ2) is 5.75. The molecule has 1 aromatic carbocycles. The summed E-state index contributed by atoms with van der Waals surface area (Å²) >= 11 is 0. The smallest absolute Gasteiger partial charge is 0.0927 e. The molecule has 0 saturated carbocycles. The number of nitriles is 1. The van der Waals surface area contributed by atoms with Crippen molar-refractivity contribution >= 4 is 11.4 Å². The van der Waals surface area contributed by atoms with Crippen LogP contribution < -0.4 is 10.8 Å². The van der Waals surface area contributed by atoms with Crippen LogP contribution in [0.15, 0.2) is 24.4 Å². The first kappa shape index (κ1) is 12.0. The zero-order valence-electron chi connectivity index (χ0n) is 9.11. The fourth-order valence-corrected chi connectivity index (χ4v) is 1.30. The summed E-state index contributed by atoms with van der Waals surface area (Å²) in [6.07, 6.45) is 2.93. The molecule has 0 amide bonds. The van der Waals surface area contributed by atoms with Gasteiger partial charge in [-0.3, -0.25) is 0 Å². The Hall–Kier alpha value is -2.03. The fraction of sp³-hybridized carbons (Fsp3) is 0.182. The van der Waals surface area contributed by atoms with Crippen LogP contribution in [0, 0.1) is 25.2 Å². The standard InChI is InChI=1S/C11H13N3O2/c1-8-7-11(14-16-15)9(2)6-10(8)13-5-3-4-12/h3,5-7,13-15H,1-2H3/b5-3+. The summed E-state index contributed by atoms with van der Waals surface area (Å²) in [5.74, 6) is 0. The van der Waals surface area contributed by atoms with E-state index in [1.807, 2.05) is 32.0 Å². The molecule has 0 bridgehead atoms. The molecule has 1 rings (SSSR count). The maximum Gasteiger partial charge on any atom is 0.0927 e. The molecular formula is C11H13N3O2. The molecule has 5 nitrogen and oxygen atoms in total. The zero-order chi connectivity index (χ0) is 12.0. The van der Waals surface area contributed by atoms with E-state index in [9.17, 15) is 0 Å². The van der Waals surface area contributed by atoms with Gasteiger partial charge in [-0.15, -0.1) is 4.99 Å². The fourth-order valence-electron chi connectivity index (χ4n) is 1.30. The van der Waals surface area contributed by atoms with Crippen molar-refractivity contribution in [1.29, 1.82) is 5.26 Å². The van der Waals surface area contributed by atoms with E-state index in [1.165, 1.54) is 6.08 Å². The second-order valence-corrected chi connectivity index (χ2v) is 3.28. The van der Waals surface area contributed by atoms with Crippen LogP contribution in [-0.4, -0.2) is 5.26 Å². The summed E-state index contributed by atoms with van der Waals surface area (Å²) in [5.41, 5.74) is 5.83. The molecule has 0 spiro atoms. The minimum Gasteiger partial charge on any atom is -0.361 e. The van der Waals surface area contributed by atoms with E-state index in [0.717, 1.165) is 16.8 Å². The molecule has 1 aromatic rings. The van der Waals surface area contributed by atoms with E-state index in [2.05, 4.69) is 15.8 Å². The van der Waals surface area contributed by atoms with Crippen molar-refractivity contribution < 1.29 is 10.2 Å². The number of anilines is 2. The molecule has 5 heteroatoms. The topological polar surface area (TPSA) is 77.3 Å². The molecule has 84 valence electrons. The van der Waals surface area contributed by atoms with Gasteiger partial charge in [0.1, 0.15) is 0 Å². The van der Waals surface area contributed by atoms with Crippen molar-refractivity contribution in [3.63, 3.8) is 0 Å². The Labute approximate surface area is 93.8 Å². The van der Waals surface area contributed by atoms with Gasteiger partial charge in [0.15, 0.2) is 0 Å². The van der Waals surface area contributed by atoms with Gasteiger partial charge in [-0.25, -0.2) is 10.7 Å². The van der Waals surface area contributed by atoms with Crippen LogP contribution in [0.2, 0.25) is 0 Å². The van der Waals surface area contributed by atoms with Crippen molar-refractivity contribution in [3.05, 3.63) is 35.5 Å². The van der Waals surface area contributed by atoms with E-state index < -0.39 is 0 Å². The van der Waals surface area contributed by atoms with Crippen LogP contribution in [0.3, 0.4) is 0 Å². The molecule has 0 aliphatic heterocycles. The van der Waals surface area contributed by atoms with Crippen LogP contribution in [0.25, 0.3) is 0 Å². The molecular weight excluding hydrogens is 206 g/mol. The third-order valence-corrected chi connectivity index (χ3v) is 2.12. The molecule has 3 N–H and O–H groups in total. The number of hydrogen-bond donors (Lipinski definition) is 3. The summed E-state index contributed by atoms with van der Waals surface area (Å²) in [6, 6.07) is 5.61. The molecule has 0 atom stereocenters. The lowest BCUT2D eigenvalue weighted by atomic mass is 10.1. The van der Waals surface area contributed by atoms with Gasteiger partial charge in [0.2, 0.25) is 0 Å². The summed E-state index contributed by atoms with van der Waals surface area (Å²) < 4.78 is 0. The predicted molar refractivity (Wildman–Crippen MR) is 61.6 cm³/mol. The first-order valence-electron chi connectivity index (χ1n) is 4.68. The number of benzene rings is 1. The molecule has 0 saturated heterocycles. The van der Waals surface area contributed by atoms with Crippen molar-refractivity contribution in [2.24, 2.45) is 0 Å². The van der Waals surface area contributed by atoms with E-state index in [-0.39, 0.29) is 0 Å². The van der Waals surface area contributed by atoms with E-state index in [4.69, 9.17) is 10.5 Å². The van der Waals surface area contributed by atoms with Gasteiger partial charge < -0.3 is 5.32 Å². The van der Waals surface area contributed by atoms with Crippen LogP contribution in [0.4, 0.5) is 11.4 Å². The lowest BCUT2D eigenvalue weighted by molar-refractivity contribution is -0.215. The third kappa shape index (κ3) is 2.98. The molecule has 0 aliphatic rings. The SMILES string of the molecule is Cc1cc(NOO)c(C)cc1N/C=C/C#N. The number of allylic oxidation sites excluding steroid dienone is 1. The molecule has 0 aromatic heterocycles. The van der Waals surface area contributed by atoms with Crippen molar-refractivity contribution in [1.82, 2.24) is 0 Å². The highest BCUT2D eigenvalue weighted by Gasteiger charge is 2.03. The lowest BCUT2D eigenvalue weighted by Crippen LogP contribution is -2.00. The van der Waals surface area contributed by atoms with Gasteiger partial charge in [0.05, 0.1) is 11.8 Å². The Bertz CT molecular complexity index is 436. The number of rotatable bonds is 4. The lowest BCUT2D eigenvalue weighted by Gasteiger charge is -2.11. The average Bonchev–Trinajstić information content (AvgIpc) is 2.25. The quantitative estimate of drug-likeness (QED) is 0.412. The number of nitrogens with zero attached hydrogens (tertiary/aromatic N) is 1. The van der Waals surface area contributed by atoms with E-state index in [0.29, 0.717) is 5.69 Å². The zero-order valence-corrected chi connectivity index (χ0v) is 9.11. The van der Waals surface area contributed by atoms with Crippen molar-refractivity contribution in [2.45, 2.75) is 13.8 Å². The third-order valence-electron chi connectivity index (χ3n) is 2.12. The van der Waals surface area contributed by atoms with Crippen LogP contribution in [0.1, 0.15) is 11.1 Å². The van der Waals surface area contributed by atoms with Crippen molar-refractivity contribution in [2.75, 3.05) is 10.8 Å². The summed E-state index contributed by atoms with van der Waals surface area (Å²) in [7, 11) is 0. The highest BCUT2D eigenvalue weighted by molar-refractivity contribution is 5.63. The van der Waals surface area contributed by atoms with E-state index in [1.54, 1.807) is 6.20 Å². The first-order chi connectivity index (χ1) is 7.69.